The van der Waals surface area contributed by atoms with Gasteiger partial charge in [-0.2, -0.15) is 0 Å². The number of aromatic nitrogens is 3. The first-order valence-corrected chi connectivity index (χ1v) is 15.5. The van der Waals surface area contributed by atoms with E-state index in [-0.39, 0.29) is 17.7 Å². The molecular weight excluding hydrogens is 597 g/mol. The number of benzene rings is 2. The highest BCUT2D eigenvalue weighted by Crippen LogP contribution is 2.36. The van der Waals surface area contributed by atoms with E-state index in [0.29, 0.717) is 42.4 Å². The normalized spacial score (nSPS) is 14.7. The van der Waals surface area contributed by atoms with Gasteiger partial charge in [0.1, 0.15) is 11.5 Å². The van der Waals surface area contributed by atoms with Crippen LogP contribution < -0.4 is 19.6 Å². The van der Waals surface area contributed by atoms with Gasteiger partial charge in [-0.15, -0.1) is 0 Å². The van der Waals surface area contributed by atoms with Crippen molar-refractivity contribution in [2.45, 2.75) is 37.1 Å². The van der Waals surface area contributed by atoms with E-state index in [1.54, 1.807) is 30.7 Å². The minimum atomic E-state index is -0.804. The van der Waals surface area contributed by atoms with Crippen molar-refractivity contribution in [1.29, 1.82) is 0 Å². The van der Waals surface area contributed by atoms with Crippen molar-refractivity contribution in [3.8, 4) is 5.75 Å². The van der Waals surface area contributed by atoms with E-state index >= 15 is 0 Å². The molecule has 44 heavy (non-hydrogen) atoms. The highest BCUT2D eigenvalue weighted by atomic mass is 32.2. The second-order valence-corrected chi connectivity index (χ2v) is 11.9. The summed E-state index contributed by atoms with van der Waals surface area (Å²) in [4.78, 5) is 42.0. The predicted octanol–water partition coefficient (Wildman–Crippen LogP) is 5.10. The molecule has 11 heteroatoms. The number of rotatable bonds is 8. The predicted molar refractivity (Wildman–Crippen MR) is 168 cm³/mol. The Hall–Kier alpha value is -4.74. The lowest BCUT2D eigenvalue weighted by Gasteiger charge is -2.26. The molecule has 1 atom stereocenters. The number of ether oxygens (including phenoxy) is 2. The van der Waals surface area contributed by atoms with Gasteiger partial charge in [-0.3, -0.25) is 9.36 Å². The van der Waals surface area contributed by atoms with Crippen LogP contribution >= 0.6 is 23.1 Å². The van der Waals surface area contributed by atoms with E-state index in [2.05, 4.69) is 9.97 Å². The van der Waals surface area contributed by atoms with Crippen LogP contribution in [0.4, 0.5) is 0 Å². The summed E-state index contributed by atoms with van der Waals surface area (Å²) in [6.07, 6.45) is 1.69. The number of fused-ring (bicyclic) bond motifs is 1. The molecule has 3 aromatic heterocycles. The smallest absolute Gasteiger partial charge is 0.338 e. The van der Waals surface area contributed by atoms with Crippen LogP contribution in [-0.4, -0.2) is 34.2 Å². The maximum absolute atomic E-state index is 14.1. The molecule has 0 unspecified atom stereocenters. The van der Waals surface area contributed by atoms with Gasteiger partial charge in [0.25, 0.3) is 5.56 Å². The van der Waals surface area contributed by atoms with Gasteiger partial charge in [-0.1, -0.05) is 53.8 Å². The lowest BCUT2D eigenvalue weighted by molar-refractivity contribution is -0.138. The minimum absolute atomic E-state index is 0.172. The summed E-state index contributed by atoms with van der Waals surface area (Å²) in [5, 5.41) is 1.18. The lowest BCUT2D eigenvalue weighted by Crippen LogP contribution is -2.40. The molecular formula is C33H28N4O5S2. The van der Waals surface area contributed by atoms with Crippen molar-refractivity contribution in [2.75, 3.05) is 13.7 Å². The Morgan fingerprint density at radius 3 is 2.55 bits per heavy atom. The molecule has 0 radical (unpaired) electrons. The van der Waals surface area contributed by atoms with Gasteiger partial charge in [0.15, 0.2) is 15.1 Å². The lowest BCUT2D eigenvalue weighted by atomic mass is 9.93. The van der Waals surface area contributed by atoms with E-state index in [9.17, 15) is 9.59 Å². The van der Waals surface area contributed by atoms with Crippen molar-refractivity contribution in [2.24, 2.45) is 4.99 Å². The van der Waals surface area contributed by atoms with Crippen LogP contribution in [0.2, 0.25) is 0 Å². The molecule has 0 aliphatic carbocycles. The van der Waals surface area contributed by atoms with Gasteiger partial charge < -0.3 is 13.9 Å². The Kier molecular flexibility index (Phi) is 8.32. The molecule has 0 amide bonds. The summed E-state index contributed by atoms with van der Waals surface area (Å²) in [5.74, 6) is 0.547. The second-order valence-electron chi connectivity index (χ2n) is 9.90. The Balaban J connectivity index is 1.51. The molecule has 1 aliphatic rings. The standard InChI is InChI=1S/C33H28N4O5S2/c1-5-41-31(39)27-28(21-10-7-6-8-11-21)36-33-37(29(27)22-12-9-13-23(17-22)40-4)30(38)25(43-33)18-24-14-15-26(42-24)44-32-34-19(2)16-20(3)35-32/h6-18,29H,5H2,1-4H3/b25-18+/t29-/m0/s1. The Morgan fingerprint density at radius 2 is 1.82 bits per heavy atom. The molecule has 222 valence electrons. The van der Waals surface area contributed by atoms with Crippen molar-refractivity contribution < 1.29 is 18.7 Å². The van der Waals surface area contributed by atoms with Crippen LogP contribution in [0.1, 0.15) is 41.2 Å². The van der Waals surface area contributed by atoms with Crippen LogP contribution in [-0.2, 0) is 9.53 Å². The number of carbonyl (C=O) groups excluding carboxylic acids is 1. The number of methoxy groups -OCH3 is 1. The molecule has 0 N–H and O–H groups in total. The molecule has 0 saturated carbocycles. The largest absolute Gasteiger partial charge is 0.497 e. The summed E-state index contributed by atoms with van der Waals surface area (Å²) < 4.78 is 19.0. The number of carbonyl (C=O) groups is 1. The maximum atomic E-state index is 14.1. The van der Waals surface area contributed by atoms with E-state index < -0.39 is 12.0 Å². The Labute approximate surface area is 261 Å². The SMILES string of the molecule is CCOC(=O)C1=C(c2ccccc2)N=c2s/c(=C/c3ccc(Sc4nc(C)cc(C)n4)o3)c(=O)n2[C@H]1c1cccc(OC)c1. The molecule has 4 heterocycles. The van der Waals surface area contributed by atoms with Gasteiger partial charge in [0, 0.05) is 23.0 Å². The number of esters is 1. The maximum Gasteiger partial charge on any atom is 0.338 e. The molecule has 2 aromatic carbocycles. The number of aryl methyl sites for hydroxylation is 2. The van der Waals surface area contributed by atoms with E-state index in [4.69, 9.17) is 18.9 Å². The number of nitrogens with zero attached hydrogens (tertiary/aromatic N) is 4. The average molecular weight is 625 g/mol. The van der Waals surface area contributed by atoms with Gasteiger partial charge in [-0.05, 0) is 68.4 Å². The Bertz CT molecular complexity index is 2060. The molecule has 9 nitrogen and oxygen atoms in total. The third-order valence-electron chi connectivity index (χ3n) is 6.81. The highest BCUT2D eigenvalue weighted by Gasteiger charge is 2.35. The topological polar surface area (TPSA) is 109 Å². The van der Waals surface area contributed by atoms with Crippen molar-refractivity contribution in [3.05, 3.63) is 126 Å². The minimum Gasteiger partial charge on any atom is -0.497 e. The zero-order chi connectivity index (χ0) is 30.8. The van der Waals surface area contributed by atoms with Crippen LogP contribution in [0.15, 0.2) is 103 Å². The van der Waals surface area contributed by atoms with Gasteiger partial charge in [0.2, 0.25) is 0 Å². The van der Waals surface area contributed by atoms with Crippen molar-refractivity contribution >= 4 is 40.8 Å². The van der Waals surface area contributed by atoms with Gasteiger partial charge in [-0.25, -0.2) is 19.8 Å². The summed E-state index contributed by atoms with van der Waals surface area (Å²) in [7, 11) is 1.57. The van der Waals surface area contributed by atoms with Crippen molar-refractivity contribution in [3.63, 3.8) is 0 Å². The zero-order valence-electron chi connectivity index (χ0n) is 24.4. The summed E-state index contributed by atoms with van der Waals surface area (Å²) in [6.45, 7) is 5.76. The zero-order valence-corrected chi connectivity index (χ0v) is 26.1. The first kappa shape index (κ1) is 29.3. The van der Waals surface area contributed by atoms with Crippen molar-refractivity contribution in [1.82, 2.24) is 14.5 Å². The fraction of sp³-hybridized carbons (Fsp3) is 0.182. The fourth-order valence-electron chi connectivity index (χ4n) is 4.99. The summed E-state index contributed by atoms with van der Waals surface area (Å²) in [5.41, 5.74) is 3.59. The summed E-state index contributed by atoms with van der Waals surface area (Å²) in [6, 6.07) is 21.5. The monoisotopic (exact) mass is 624 g/mol. The number of thiazole rings is 1. The Morgan fingerprint density at radius 1 is 1.05 bits per heavy atom. The van der Waals surface area contributed by atoms with Crippen LogP contribution in [0.5, 0.6) is 5.75 Å². The summed E-state index contributed by atoms with van der Waals surface area (Å²) >= 11 is 2.54. The van der Waals surface area contributed by atoms with E-state index in [1.165, 1.54) is 23.1 Å². The average Bonchev–Trinajstić information content (AvgIpc) is 3.59. The first-order valence-electron chi connectivity index (χ1n) is 13.9. The first-order chi connectivity index (χ1) is 21.3. The second kappa shape index (κ2) is 12.5. The third-order valence-corrected chi connectivity index (χ3v) is 8.58. The quantitative estimate of drug-likeness (QED) is 0.173. The molecule has 0 bridgehead atoms. The van der Waals surface area contributed by atoms with Gasteiger partial charge >= 0.3 is 5.97 Å². The molecule has 6 rings (SSSR count). The number of hydrogen-bond donors (Lipinski definition) is 0. The highest BCUT2D eigenvalue weighted by molar-refractivity contribution is 7.99. The number of hydrogen-bond acceptors (Lipinski definition) is 10. The van der Waals surface area contributed by atoms with Gasteiger partial charge in [0.05, 0.1) is 35.6 Å². The van der Waals surface area contributed by atoms with E-state index in [0.717, 1.165) is 17.0 Å². The molecule has 0 fully saturated rings. The van der Waals surface area contributed by atoms with E-state index in [1.807, 2.05) is 80.6 Å². The number of furan rings is 1. The molecule has 0 spiro atoms. The van der Waals surface area contributed by atoms with Crippen LogP contribution in [0.25, 0.3) is 11.8 Å². The molecule has 0 saturated heterocycles. The fourth-order valence-corrected chi connectivity index (χ4v) is 6.81. The third kappa shape index (κ3) is 5.88. The van der Waals surface area contributed by atoms with Crippen LogP contribution in [0.3, 0.4) is 0 Å². The molecule has 1 aliphatic heterocycles. The van der Waals surface area contributed by atoms with Crippen LogP contribution in [0, 0.1) is 13.8 Å². The molecule has 5 aromatic rings.